The number of nitrogens with one attached hydrogen (secondary N) is 1. The molecule has 2 aromatic rings. The number of aromatic nitrogens is 1. The number of hydrogen-bond donors (Lipinski definition) is 1. The molecule has 0 aliphatic heterocycles. The van der Waals surface area contributed by atoms with Crippen LogP contribution < -0.4 is 4.72 Å². The van der Waals surface area contributed by atoms with Crippen molar-refractivity contribution in [2.75, 3.05) is 6.54 Å². The van der Waals surface area contributed by atoms with Crippen molar-refractivity contribution in [1.29, 1.82) is 0 Å². The van der Waals surface area contributed by atoms with Crippen LogP contribution in [-0.4, -0.2) is 19.9 Å². The van der Waals surface area contributed by atoms with Gasteiger partial charge in [-0.25, -0.2) is 13.1 Å². The Balaban J connectivity index is 1.70. The van der Waals surface area contributed by atoms with Crippen LogP contribution in [0.5, 0.6) is 0 Å². The van der Waals surface area contributed by atoms with E-state index in [-0.39, 0.29) is 10.8 Å². The Bertz CT molecular complexity index is 746. The van der Waals surface area contributed by atoms with Gasteiger partial charge in [0, 0.05) is 29.3 Å². The van der Waals surface area contributed by atoms with E-state index in [1.54, 1.807) is 12.3 Å². The highest BCUT2D eigenvalue weighted by Crippen LogP contribution is 2.34. The molecule has 0 saturated carbocycles. The molecule has 0 radical (unpaired) electrons. The second-order valence-corrected chi connectivity index (χ2v) is 7.47. The van der Waals surface area contributed by atoms with Crippen LogP contribution in [0.15, 0.2) is 52.1 Å². The third-order valence-corrected chi connectivity index (χ3v) is 5.30. The SMILES string of the molecule is O=S(=O)(NCC1Cc2ccccc21)c1cncc(Br)c1. The first-order valence-corrected chi connectivity index (χ1v) is 8.52. The average molecular weight is 353 g/mol. The van der Waals surface area contributed by atoms with Gasteiger partial charge in [0.1, 0.15) is 4.90 Å². The van der Waals surface area contributed by atoms with Gasteiger partial charge in [0.25, 0.3) is 0 Å². The summed E-state index contributed by atoms with van der Waals surface area (Å²) >= 11 is 3.23. The van der Waals surface area contributed by atoms with Crippen molar-refractivity contribution < 1.29 is 8.42 Å². The van der Waals surface area contributed by atoms with E-state index in [0.29, 0.717) is 11.0 Å². The monoisotopic (exact) mass is 352 g/mol. The fraction of sp³-hybridized carbons (Fsp3) is 0.214. The maximum Gasteiger partial charge on any atom is 0.242 e. The number of nitrogens with zero attached hydrogens (tertiary/aromatic N) is 1. The predicted molar refractivity (Wildman–Crippen MR) is 80.0 cm³/mol. The van der Waals surface area contributed by atoms with Crippen LogP contribution in [0.1, 0.15) is 17.0 Å². The van der Waals surface area contributed by atoms with Gasteiger partial charge in [-0.05, 0) is 39.5 Å². The number of fused-ring (bicyclic) bond motifs is 1. The van der Waals surface area contributed by atoms with E-state index in [0.717, 1.165) is 6.42 Å². The van der Waals surface area contributed by atoms with Gasteiger partial charge in [-0.15, -0.1) is 0 Å². The first kappa shape index (κ1) is 13.7. The first-order valence-electron chi connectivity index (χ1n) is 6.24. The van der Waals surface area contributed by atoms with Crippen LogP contribution in [0.3, 0.4) is 0 Å². The van der Waals surface area contributed by atoms with E-state index in [1.807, 2.05) is 12.1 Å². The van der Waals surface area contributed by atoms with Crippen LogP contribution in [0.4, 0.5) is 0 Å². The van der Waals surface area contributed by atoms with Crippen molar-refractivity contribution in [2.45, 2.75) is 17.2 Å². The summed E-state index contributed by atoms with van der Waals surface area (Å²) in [5.41, 5.74) is 2.54. The third-order valence-electron chi connectivity index (χ3n) is 3.47. The minimum atomic E-state index is -3.50. The molecular weight excluding hydrogens is 340 g/mol. The lowest BCUT2D eigenvalue weighted by atomic mass is 9.78. The quantitative estimate of drug-likeness (QED) is 0.919. The second kappa shape index (κ2) is 5.27. The van der Waals surface area contributed by atoms with Gasteiger partial charge < -0.3 is 0 Å². The number of sulfonamides is 1. The predicted octanol–water partition coefficient (Wildman–Crippen LogP) is 2.46. The second-order valence-electron chi connectivity index (χ2n) is 4.79. The summed E-state index contributed by atoms with van der Waals surface area (Å²) in [6, 6.07) is 9.67. The summed E-state index contributed by atoms with van der Waals surface area (Å²) in [6.45, 7) is 0.422. The van der Waals surface area contributed by atoms with Crippen LogP contribution in [0.25, 0.3) is 0 Å². The summed E-state index contributed by atoms with van der Waals surface area (Å²) in [6.07, 6.45) is 3.83. The summed E-state index contributed by atoms with van der Waals surface area (Å²) in [4.78, 5) is 4.06. The molecule has 104 valence electrons. The molecule has 20 heavy (non-hydrogen) atoms. The lowest BCUT2D eigenvalue weighted by Crippen LogP contribution is -2.33. The van der Waals surface area contributed by atoms with Gasteiger partial charge in [-0.3, -0.25) is 4.98 Å². The third kappa shape index (κ3) is 2.63. The maximum atomic E-state index is 12.2. The molecule has 1 atom stereocenters. The van der Waals surface area contributed by atoms with Gasteiger partial charge in [-0.1, -0.05) is 24.3 Å². The summed E-state index contributed by atoms with van der Waals surface area (Å²) < 4.78 is 27.6. The Morgan fingerprint density at radius 1 is 1.30 bits per heavy atom. The molecular formula is C14H13BrN2O2S. The Morgan fingerprint density at radius 2 is 2.10 bits per heavy atom. The van der Waals surface area contributed by atoms with Gasteiger partial charge in [0.05, 0.1) is 0 Å². The van der Waals surface area contributed by atoms with E-state index in [2.05, 4.69) is 37.8 Å². The van der Waals surface area contributed by atoms with E-state index in [1.165, 1.54) is 17.3 Å². The molecule has 0 bridgehead atoms. The van der Waals surface area contributed by atoms with E-state index >= 15 is 0 Å². The zero-order chi connectivity index (χ0) is 14.2. The molecule has 0 spiro atoms. The summed E-state index contributed by atoms with van der Waals surface area (Å²) in [5, 5.41) is 0. The van der Waals surface area contributed by atoms with Crippen molar-refractivity contribution in [1.82, 2.24) is 9.71 Å². The number of rotatable bonds is 4. The highest BCUT2D eigenvalue weighted by Gasteiger charge is 2.27. The molecule has 0 amide bonds. The smallest absolute Gasteiger partial charge is 0.242 e. The largest absolute Gasteiger partial charge is 0.262 e. The van der Waals surface area contributed by atoms with Gasteiger partial charge >= 0.3 is 0 Å². The summed E-state index contributed by atoms with van der Waals surface area (Å²) in [5.74, 6) is 0.265. The molecule has 1 aromatic carbocycles. The lowest BCUT2D eigenvalue weighted by Gasteiger charge is -2.30. The molecule has 0 saturated heterocycles. The summed E-state index contributed by atoms with van der Waals surface area (Å²) in [7, 11) is -3.50. The highest BCUT2D eigenvalue weighted by molar-refractivity contribution is 9.10. The molecule has 6 heteroatoms. The maximum absolute atomic E-state index is 12.2. The number of benzene rings is 1. The Morgan fingerprint density at radius 3 is 2.85 bits per heavy atom. The topological polar surface area (TPSA) is 59.1 Å². The molecule has 0 fully saturated rings. The van der Waals surface area contributed by atoms with E-state index < -0.39 is 10.0 Å². The lowest BCUT2D eigenvalue weighted by molar-refractivity contribution is 0.551. The average Bonchev–Trinajstić information content (AvgIpc) is 2.40. The number of pyridine rings is 1. The first-order chi connectivity index (χ1) is 9.56. The number of hydrogen-bond acceptors (Lipinski definition) is 3. The van der Waals surface area contributed by atoms with Crippen LogP contribution in [-0.2, 0) is 16.4 Å². The van der Waals surface area contributed by atoms with Gasteiger partial charge in [0.2, 0.25) is 10.0 Å². The highest BCUT2D eigenvalue weighted by atomic mass is 79.9. The molecule has 1 aliphatic carbocycles. The fourth-order valence-electron chi connectivity index (χ4n) is 2.38. The van der Waals surface area contributed by atoms with Crippen molar-refractivity contribution in [2.24, 2.45) is 0 Å². The van der Waals surface area contributed by atoms with Crippen LogP contribution in [0.2, 0.25) is 0 Å². The Hall–Kier alpha value is -1.24. The Kier molecular flexibility index (Phi) is 3.62. The minimum absolute atomic E-state index is 0.180. The zero-order valence-corrected chi connectivity index (χ0v) is 13.0. The van der Waals surface area contributed by atoms with Gasteiger partial charge in [0.15, 0.2) is 0 Å². The fourth-order valence-corrected chi connectivity index (χ4v) is 3.96. The van der Waals surface area contributed by atoms with Crippen molar-refractivity contribution in [3.63, 3.8) is 0 Å². The van der Waals surface area contributed by atoms with E-state index in [9.17, 15) is 8.42 Å². The Labute approximate surface area is 126 Å². The molecule has 1 unspecified atom stereocenters. The molecule has 1 aliphatic rings. The number of halogens is 1. The molecule has 1 N–H and O–H groups in total. The molecule has 1 heterocycles. The van der Waals surface area contributed by atoms with Gasteiger partial charge in [-0.2, -0.15) is 0 Å². The van der Waals surface area contributed by atoms with Crippen molar-refractivity contribution in [3.8, 4) is 0 Å². The molecule has 3 rings (SSSR count). The normalized spacial score (nSPS) is 17.4. The van der Waals surface area contributed by atoms with Crippen LogP contribution >= 0.6 is 15.9 Å². The van der Waals surface area contributed by atoms with Crippen molar-refractivity contribution in [3.05, 3.63) is 58.3 Å². The minimum Gasteiger partial charge on any atom is -0.262 e. The van der Waals surface area contributed by atoms with E-state index in [4.69, 9.17) is 0 Å². The van der Waals surface area contributed by atoms with Crippen molar-refractivity contribution >= 4 is 26.0 Å². The van der Waals surface area contributed by atoms with Crippen LogP contribution in [0, 0.1) is 0 Å². The molecule has 1 aromatic heterocycles. The molecule has 4 nitrogen and oxygen atoms in total. The standard InChI is InChI=1S/C14H13BrN2O2S/c15-12-6-13(9-16-8-12)20(18,19)17-7-11-5-10-3-1-2-4-14(10)11/h1-4,6,8-9,11,17H,5,7H2. The zero-order valence-electron chi connectivity index (χ0n) is 10.6.